The Balaban J connectivity index is 0.000000189. The number of benzene rings is 4. The van der Waals surface area contributed by atoms with Crippen LogP contribution in [0.25, 0.3) is 32.3 Å². The van der Waals surface area contributed by atoms with Crippen molar-refractivity contribution in [2.45, 2.75) is 37.5 Å². The highest BCUT2D eigenvalue weighted by Crippen LogP contribution is 2.40. The van der Waals surface area contributed by atoms with Gasteiger partial charge in [0.1, 0.15) is 0 Å². The summed E-state index contributed by atoms with van der Waals surface area (Å²) in [5, 5.41) is 12.9. The van der Waals surface area contributed by atoms with Gasteiger partial charge in [0.05, 0.1) is 59.4 Å². The van der Waals surface area contributed by atoms with Crippen LogP contribution in [0.1, 0.15) is 38.8 Å². The molecule has 6 aromatic rings. The lowest BCUT2D eigenvalue weighted by Crippen LogP contribution is -2.29. The second kappa shape index (κ2) is 19.6. The van der Waals surface area contributed by atoms with Crippen molar-refractivity contribution in [2.75, 3.05) is 72.0 Å². The van der Waals surface area contributed by atoms with E-state index in [4.69, 9.17) is 0 Å². The largest absolute Gasteiger partial charge is 0.361 e. The van der Waals surface area contributed by atoms with Crippen molar-refractivity contribution in [2.24, 2.45) is 0 Å². The lowest BCUT2D eigenvalue weighted by atomic mass is 10.0. The van der Waals surface area contributed by atoms with Gasteiger partial charge in [-0.2, -0.15) is 0 Å². The second-order valence-electron chi connectivity index (χ2n) is 14.8. The molecule has 0 spiro atoms. The number of fused-ring (bicyclic) bond motifs is 6. The SMILES string of the molecule is CCN(CC)CCS(=O)(=O)c1ccc(NC=C2C(=O)Nc3ccc4ncccc4c32)cc1.CCN(CC)CCS(=O)(=O)c1ccc(NC=C2C(=O)Nc3ccc4ncsc4c32)cc1. The third-order valence-corrected chi connectivity index (χ3v) is 15.4. The van der Waals surface area contributed by atoms with Crippen LogP contribution in [0.4, 0.5) is 22.7 Å². The normalized spacial score (nSPS) is 14.8. The summed E-state index contributed by atoms with van der Waals surface area (Å²) in [6.45, 7) is 12.4. The summed E-state index contributed by atoms with van der Waals surface area (Å²) >= 11 is 1.49. The summed E-state index contributed by atoms with van der Waals surface area (Å²) in [5.41, 5.74) is 9.03. The molecule has 0 unspecified atom stereocenters. The molecule has 63 heavy (non-hydrogen) atoms. The van der Waals surface area contributed by atoms with Gasteiger partial charge in [-0.05, 0) is 105 Å². The fourth-order valence-electron chi connectivity index (χ4n) is 7.37. The van der Waals surface area contributed by atoms with Crippen molar-refractivity contribution in [3.8, 4) is 0 Å². The first-order valence-corrected chi connectivity index (χ1v) is 24.9. The van der Waals surface area contributed by atoms with Crippen LogP contribution in [0.5, 0.6) is 0 Å². The summed E-state index contributed by atoms with van der Waals surface area (Å²) in [6.07, 6.45) is 5.03. The number of rotatable bonds is 16. The van der Waals surface area contributed by atoms with E-state index in [1.165, 1.54) is 11.3 Å². The van der Waals surface area contributed by atoms with E-state index in [2.05, 4.69) is 41.0 Å². The maximum absolute atomic E-state index is 12.6. The first kappa shape index (κ1) is 45.1. The van der Waals surface area contributed by atoms with Gasteiger partial charge in [-0.25, -0.2) is 21.8 Å². The number of amides is 2. The second-order valence-corrected chi connectivity index (χ2v) is 19.9. The zero-order valence-corrected chi connectivity index (χ0v) is 38.0. The van der Waals surface area contributed by atoms with Crippen molar-refractivity contribution in [1.82, 2.24) is 19.8 Å². The highest BCUT2D eigenvalue weighted by molar-refractivity contribution is 7.91. The van der Waals surface area contributed by atoms with E-state index < -0.39 is 19.7 Å². The molecule has 0 saturated heterocycles. The lowest BCUT2D eigenvalue weighted by molar-refractivity contribution is -0.111. The van der Waals surface area contributed by atoms with Crippen molar-refractivity contribution in [1.29, 1.82) is 0 Å². The molecule has 4 heterocycles. The molecular weight excluding hydrogens is 857 g/mol. The minimum Gasteiger partial charge on any atom is -0.361 e. The van der Waals surface area contributed by atoms with E-state index in [0.717, 1.165) is 69.8 Å². The van der Waals surface area contributed by atoms with Gasteiger partial charge in [0, 0.05) is 65.3 Å². The molecule has 2 aliphatic rings. The van der Waals surface area contributed by atoms with Crippen LogP contribution in [-0.4, -0.2) is 99.2 Å². The predicted molar refractivity (Wildman–Crippen MR) is 254 cm³/mol. The Hall–Kier alpha value is -5.98. The molecule has 0 aliphatic carbocycles. The smallest absolute Gasteiger partial charge is 0.257 e. The highest BCUT2D eigenvalue weighted by Gasteiger charge is 2.28. The minimum absolute atomic E-state index is 0.0869. The quantitative estimate of drug-likeness (QED) is 0.0701. The summed E-state index contributed by atoms with van der Waals surface area (Å²) in [7, 11) is -6.70. The van der Waals surface area contributed by atoms with E-state index in [1.54, 1.807) is 72.6 Å². The van der Waals surface area contributed by atoms with E-state index in [1.807, 2.05) is 64.1 Å². The molecule has 8 rings (SSSR count). The summed E-state index contributed by atoms with van der Waals surface area (Å²) in [4.78, 5) is 38.4. The number of nitrogens with zero attached hydrogens (tertiary/aromatic N) is 4. The van der Waals surface area contributed by atoms with Gasteiger partial charge < -0.3 is 31.1 Å². The van der Waals surface area contributed by atoms with Gasteiger partial charge in [-0.1, -0.05) is 33.8 Å². The molecule has 0 saturated carbocycles. The predicted octanol–water partition coefficient (Wildman–Crippen LogP) is 7.57. The summed E-state index contributed by atoms with van der Waals surface area (Å²) in [6, 6.07) is 24.5. The molecule has 0 bridgehead atoms. The fourth-order valence-corrected chi connectivity index (χ4v) is 10.8. The Morgan fingerprint density at radius 3 is 1.59 bits per heavy atom. The Kier molecular flexibility index (Phi) is 14.0. The van der Waals surface area contributed by atoms with Crippen LogP contribution in [-0.2, 0) is 29.3 Å². The number of aromatic nitrogens is 2. The van der Waals surface area contributed by atoms with Gasteiger partial charge >= 0.3 is 0 Å². The van der Waals surface area contributed by atoms with E-state index in [0.29, 0.717) is 45.4 Å². The molecule has 0 atom stereocenters. The number of carbonyl (C=O) groups excluding carboxylic acids is 2. The first-order chi connectivity index (χ1) is 30.3. The molecule has 0 radical (unpaired) electrons. The van der Waals surface area contributed by atoms with Gasteiger partial charge in [0.25, 0.3) is 11.8 Å². The molecular formula is C46H50N8O6S3. The number of sulfone groups is 2. The van der Waals surface area contributed by atoms with Gasteiger partial charge in [0.15, 0.2) is 19.7 Å². The average molecular weight is 907 g/mol. The van der Waals surface area contributed by atoms with Crippen molar-refractivity contribution in [3.05, 3.63) is 120 Å². The molecule has 4 aromatic carbocycles. The molecule has 2 aromatic heterocycles. The lowest BCUT2D eigenvalue weighted by Gasteiger charge is -2.17. The number of pyridine rings is 1. The molecule has 4 N–H and O–H groups in total. The Bertz CT molecular complexity index is 2920. The van der Waals surface area contributed by atoms with E-state index in [-0.39, 0.29) is 23.3 Å². The average Bonchev–Trinajstić information content (AvgIpc) is 4.00. The Morgan fingerprint density at radius 2 is 1.08 bits per heavy atom. The molecule has 0 fully saturated rings. The number of thiazole rings is 1. The topological polar surface area (TPSA) is 183 Å². The Morgan fingerprint density at radius 1 is 0.603 bits per heavy atom. The number of anilines is 4. The van der Waals surface area contributed by atoms with Crippen LogP contribution in [0.3, 0.4) is 0 Å². The van der Waals surface area contributed by atoms with Crippen molar-refractivity contribution >= 4 is 97.8 Å². The number of hydrogen-bond donors (Lipinski definition) is 4. The van der Waals surface area contributed by atoms with E-state index in [9.17, 15) is 26.4 Å². The van der Waals surface area contributed by atoms with Gasteiger partial charge in [0.2, 0.25) is 0 Å². The molecule has 2 aliphatic heterocycles. The summed E-state index contributed by atoms with van der Waals surface area (Å²) < 4.78 is 51.4. The zero-order chi connectivity index (χ0) is 44.7. The number of hydrogen-bond acceptors (Lipinski definition) is 13. The van der Waals surface area contributed by atoms with Crippen LogP contribution in [0, 0.1) is 0 Å². The Labute approximate surface area is 372 Å². The van der Waals surface area contributed by atoms with Crippen LogP contribution < -0.4 is 21.3 Å². The standard InChI is InChI=1S/C24H26N4O3S.C22H24N4O3S2/c1-3-28(4-2)14-15-32(30,31)18-9-7-17(8-10-18)26-16-20-23-19-6-5-13-25-21(19)11-12-22(23)27-24(20)29;1-3-26(4-2)11-12-31(28,29)16-7-5-15(6-8-16)23-13-17-20-18(25-22(17)27)9-10-19-21(20)30-14-24-19/h5-13,16,26H,3-4,14-15H2,1-2H3,(H,27,29);5-10,13-14,23H,3-4,11-12H2,1-2H3,(H,25,27). The third kappa shape index (κ3) is 10.1. The third-order valence-electron chi connectivity index (χ3n) is 11.1. The number of nitrogens with one attached hydrogen (secondary N) is 4. The van der Waals surface area contributed by atoms with Gasteiger partial charge in [-0.15, -0.1) is 11.3 Å². The molecule has 14 nitrogen and oxygen atoms in total. The van der Waals surface area contributed by atoms with Crippen LogP contribution >= 0.6 is 11.3 Å². The molecule has 328 valence electrons. The van der Waals surface area contributed by atoms with Crippen LogP contribution in [0.2, 0.25) is 0 Å². The maximum Gasteiger partial charge on any atom is 0.257 e. The van der Waals surface area contributed by atoms with E-state index >= 15 is 0 Å². The minimum atomic E-state index is -3.35. The monoisotopic (exact) mass is 906 g/mol. The highest BCUT2D eigenvalue weighted by atomic mass is 32.2. The fraction of sp³-hybridized carbons (Fsp3) is 0.261. The van der Waals surface area contributed by atoms with Crippen molar-refractivity contribution < 1.29 is 26.4 Å². The van der Waals surface area contributed by atoms with Crippen LogP contribution in [0.15, 0.2) is 119 Å². The zero-order valence-electron chi connectivity index (χ0n) is 35.5. The number of carbonyl (C=O) groups is 2. The van der Waals surface area contributed by atoms with Crippen molar-refractivity contribution in [3.63, 3.8) is 0 Å². The molecule has 2 amide bonds. The maximum atomic E-state index is 12.6. The molecule has 17 heteroatoms. The summed E-state index contributed by atoms with van der Waals surface area (Å²) in [5.74, 6) is -0.199. The first-order valence-electron chi connectivity index (χ1n) is 20.8. The van der Waals surface area contributed by atoms with Gasteiger partial charge in [-0.3, -0.25) is 14.6 Å².